The van der Waals surface area contributed by atoms with Crippen molar-refractivity contribution in [2.75, 3.05) is 20.1 Å². The van der Waals surface area contributed by atoms with Crippen LogP contribution in [0.4, 0.5) is 0 Å². The van der Waals surface area contributed by atoms with Crippen LogP contribution >= 0.6 is 35.3 Å². The number of aliphatic imine (C=N–C) groups is 1. The van der Waals surface area contributed by atoms with Crippen LogP contribution in [0.15, 0.2) is 22.8 Å². The van der Waals surface area contributed by atoms with Gasteiger partial charge in [0.05, 0.1) is 12.2 Å². The number of halogens is 1. The fraction of sp³-hybridized carbons (Fsp3) is 0.632. The molecule has 1 unspecified atom stereocenters. The van der Waals surface area contributed by atoms with Gasteiger partial charge >= 0.3 is 0 Å². The number of amides is 1. The Morgan fingerprint density at radius 2 is 2.14 bits per heavy atom. The predicted molar refractivity (Wildman–Crippen MR) is 123 cm³/mol. The van der Waals surface area contributed by atoms with Gasteiger partial charge in [-0.3, -0.25) is 14.2 Å². The van der Waals surface area contributed by atoms with Gasteiger partial charge in [0.15, 0.2) is 10.9 Å². The smallest absolute Gasteiger partial charge is 0.225 e. The second-order valence-corrected chi connectivity index (χ2v) is 8.37. The molecule has 1 amide bonds. The standard InChI is InChI=1S/C19H28N6OS.HI/c1-20-18(21-11-16-13-25-9-10-27-19(25)23-16)22-15-7-8-24(12-15)17(26)14-5-3-2-4-6-14;/h9-10,13-15H,2-8,11-12H2,1H3,(H2,20,21,22);1H. The lowest BCUT2D eigenvalue weighted by molar-refractivity contribution is -0.135. The van der Waals surface area contributed by atoms with E-state index in [4.69, 9.17) is 0 Å². The Kier molecular flexibility index (Phi) is 7.55. The Balaban J connectivity index is 0.00000225. The first-order valence-electron chi connectivity index (χ1n) is 9.90. The molecule has 154 valence electrons. The van der Waals surface area contributed by atoms with Crippen LogP contribution in [0, 0.1) is 5.92 Å². The Morgan fingerprint density at radius 1 is 1.32 bits per heavy atom. The van der Waals surface area contributed by atoms with Crippen molar-refractivity contribution in [3.05, 3.63) is 23.5 Å². The number of thiazole rings is 1. The van der Waals surface area contributed by atoms with Gasteiger partial charge in [0.25, 0.3) is 0 Å². The molecule has 1 saturated heterocycles. The van der Waals surface area contributed by atoms with Gasteiger partial charge in [-0.05, 0) is 19.3 Å². The van der Waals surface area contributed by atoms with E-state index < -0.39 is 0 Å². The van der Waals surface area contributed by atoms with Crippen molar-refractivity contribution in [3.63, 3.8) is 0 Å². The van der Waals surface area contributed by atoms with Crippen LogP contribution < -0.4 is 10.6 Å². The zero-order valence-corrected chi connectivity index (χ0v) is 19.4. The van der Waals surface area contributed by atoms with Gasteiger partial charge < -0.3 is 15.5 Å². The molecule has 7 nitrogen and oxygen atoms in total. The average molecular weight is 516 g/mol. The van der Waals surface area contributed by atoms with Gasteiger partial charge in [0, 0.05) is 49.9 Å². The summed E-state index contributed by atoms with van der Waals surface area (Å²) in [7, 11) is 1.78. The number of hydrogen-bond donors (Lipinski definition) is 2. The van der Waals surface area contributed by atoms with Gasteiger partial charge in [0.1, 0.15) is 0 Å². The van der Waals surface area contributed by atoms with E-state index in [0.29, 0.717) is 12.5 Å². The van der Waals surface area contributed by atoms with Crippen molar-refractivity contribution in [1.29, 1.82) is 0 Å². The highest BCUT2D eigenvalue weighted by atomic mass is 127. The highest BCUT2D eigenvalue weighted by Crippen LogP contribution is 2.26. The quantitative estimate of drug-likeness (QED) is 0.373. The van der Waals surface area contributed by atoms with Crippen molar-refractivity contribution < 1.29 is 4.79 Å². The number of nitrogens with one attached hydrogen (secondary N) is 2. The molecule has 2 aliphatic rings. The molecule has 1 saturated carbocycles. The lowest BCUT2D eigenvalue weighted by atomic mass is 9.88. The summed E-state index contributed by atoms with van der Waals surface area (Å²) in [6, 6.07) is 0.259. The SMILES string of the molecule is CN=C(NCc1cn2ccsc2n1)NC1CCN(C(=O)C2CCCCC2)C1.I. The van der Waals surface area contributed by atoms with Crippen molar-refractivity contribution in [2.45, 2.75) is 51.1 Å². The van der Waals surface area contributed by atoms with E-state index in [-0.39, 0.29) is 35.9 Å². The van der Waals surface area contributed by atoms with Crippen molar-refractivity contribution in [2.24, 2.45) is 10.9 Å². The van der Waals surface area contributed by atoms with Gasteiger partial charge in [0.2, 0.25) is 5.91 Å². The van der Waals surface area contributed by atoms with E-state index in [1.54, 1.807) is 18.4 Å². The van der Waals surface area contributed by atoms with Gasteiger partial charge in [-0.1, -0.05) is 19.3 Å². The van der Waals surface area contributed by atoms with E-state index >= 15 is 0 Å². The maximum Gasteiger partial charge on any atom is 0.225 e. The van der Waals surface area contributed by atoms with Crippen LogP contribution in [0.1, 0.15) is 44.2 Å². The Bertz CT molecular complexity index is 784. The van der Waals surface area contributed by atoms with E-state index in [1.165, 1.54) is 19.3 Å². The number of hydrogen-bond acceptors (Lipinski definition) is 4. The number of imidazole rings is 1. The summed E-state index contributed by atoms with van der Waals surface area (Å²) >= 11 is 1.63. The van der Waals surface area contributed by atoms with Crippen LogP contribution in [0.3, 0.4) is 0 Å². The molecule has 1 aliphatic heterocycles. The fourth-order valence-electron chi connectivity index (χ4n) is 4.11. The zero-order chi connectivity index (χ0) is 18.6. The Hall–Kier alpha value is -1.36. The number of likely N-dealkylation sites (tertiary alicyclic amines) is 1. The molecule has 9 heteroatoms. The second kappa shape index (κ2) is 9.91. The highest BCUT2D eigenvalue weighted by molar-refractivity contribution is 14.0. The first-order valence-corrected chi connectivity index (χ1v) is 10.8. The first kappa shape index (κ1) is 21.4. The molecule has 3 heterocycles. The molecule has 0 radical (unpaired) electrons. The number of rotatable bonds is 4. The molecule has 2 fully saturated rings. The number of aromatic nitrogens is 2. The maximum absolute atomic E-state index is 12.7. The van der Waals surface area contributed by atoms with Gasteiger partial charge in [-0.15, -0.1) is 35.3 Å². The predicted octanol–water partition coefficient (Wildman–Crippen LogP) is 2.86. The molecular formula is C19H29IN6OS. The molecule has 2 aromatic rings. The summed E-state index contributed by atoms with van der Waals surface area (Å²) in [5, 5.41) is 8.83. The normalized spacial score (nSPS) is 21.0. The Morgan fingerprint density at radius 3 is 2.89 bits per heavy atom. The largest absolute Gasteiger partial charge is 0.352 e. The summed E-state index contributed by atoms with van der Waals surface area (Å²) in [4.78, 5) is 24.7. The molecule has 1 aliphatic carbocycles. The van der Waals surface area contributed by atoms with Crippen LogP contribution in [0.5, 0.6) is 0 Å². The Labute approximate surface area is 187 Å². The van der Waals surface area contributed by atoms with E-state index in [2.05, 4.69) is 20.6 Å². The van der Waals surface area contributed by atoms with E-state index in [1.807, 2.05) is 27.1 Å². The van der Waals surface area contributed by atoms with E-state index in [0.717, 1.165) is 49.0 Å². The molecular weight excluding hydrogens is 487 g/mol. The van der Waals surface area contributed by atoms with E-state index in [9.17, 15) is 4.79 Å². The van der Waals surface area contributed by atoms with Crippen LogP contribution in [-0.4, -0.2) is 52.3 Å². The van der Waals surface area contributed by atoms with Crippen molar-refractivity contribution in [1.82, 2.24) is 24.9 Å². The van der Waals surface area contributed by atoms with Crippen molar-refractivity contribution in [3.8, 4) is 0 Å². The first-order chi connectivity index (χ1) is 13.2. The number of nitrogens with zero attached hydrogens (tertiary/aromatic N) is 4. The number of guanidine groups is 1. The van der Waals surface area contributed by atoms with Gasteiger partial charge in [-0.2, -0.15) is 0 Å². The van der Waals surface area contributed by atoms with Crippen molar-refractivity contribution >= 4 is 52.1 Å². The maximum atomic E-state index is 12.7. The molecule has 0 bridgehead atoms. The third kappa shape index (κ3) is 4.97. The molecule has 4 rings (SSSR count). The molecule has 28 heavy (non-hydrogen) atoms. The molecule has 0 spiro atoms. The van der Waals surface area contributed by atoms with Gasteiger partial charge in [-0.25, -0.2) is 4.98 Å². The molecule has 2 N–H and O–H groups in total. The van der Waals surface area contributed by atoms with Crippen LogP contribution in [-0.2, 0) is 11.3 Å². The average Bonchev–Trinajstić information content (AvgIpc) is 3.41. The summed E-state index contributed by atoms with van der Waals surface area (Å²) < 4.78 is 2.03. The lowest BCUT2D eigenvalue weighted by Crippen LogP contribution is -2.45. The minimum Gasteiger partial charge on any atom is -0.352 e. The summed E-state index contributed by atoms with van der Waals surface area (Å²) in [5.74, 6) is 1.38. The third-order valence-electron chi connectivity index (χ3n) is 5.60. The molecule has 1 atom stereocenters. The minimum atomic E-state index is 0. The van der Waals surface area contributed by atoms with Crippen LogP contribution in [0.2, 0.25) is 0 Å². The summed E-state index contributed by atoms with van der Waals surface area (Å²) in [6.07, 6.45) is 10.8. The number of carbonyl (C=O) groups excluding carboxylic acids is 1. The van der Waals surface area contributed by atoms with Crippen LogP contribution in [0.25, 0.3) is 4.96 Å². The second-order valence-electron chi connectivity index (χ2n) is 7.50. The lowest BCUT2D eigenvalue weighted by Gasteiger charge is -2.26. The minimum absolute atomic E-state index is 0. The fourth-order valence-corrected chi connectivity index (χ4v) is 4.83. The summed E-state index contributed by atoms with van der Waals surface area (Å²) in [5.41, 5.74) is 0.991. The molecule has 2 aromatic heterocycles. The summed E-state index contributed by atoms with van der Waals surface area (Å²) in [6.45, 7) is 2.25. The topological polar surface area (TPSA) is 74.0 Å². The number of carbonyl (C=O) groups is 1. The number of fused-ring (bicyclic) bond motifs is 1. The monoisotopic (exact) mass is 516 g/mol. The molecule has 0 aromatic carbocycles. The zero-order valence-electron chi connectivity index (χ0n) is 16.3. The highest BCUT2D eigenvalue weighted by Gasteiger charge is 2.31. The third-order valence-corrected chi connectivity index (χ3v) is 6.37.